The highest BCUT2D eigenvalue weighted by Gasteiger charge is 2.37. The third-order valence-electron chi connectivity index (χ3n) is 6.01. The van der Waals surface area contributed by atoms with Gasteiger partial charge >= 0.3 is 12.0 Å². The predicted octanol–water partition coefficient (Wildman–Crippen LogP) is 3.80. The first-order chi connectivity index (χ1) is 16.2. The number of ether oxygens (including phenoxy) is 1. The monoisotopic (exact) mass is 459 g/mol. The number of carbonyl (C=O) groups excluding carboxylic acids is 4. The van der Waals surface area contributed by atoms with E-state index in [0.717, 1.165) is 26.9 Å². The molecule has 1 N–H and O–H groups in total. The van der Waals surface area contributed by atoms with E-state index in [1.54, 1.807) is 23.6 Å². The number of aryl methyl sites for hydroxylation is 2. The lowest BCUT2D eigenvalue weighted by Gasteiger charge is -2.26. The van der Waals surface area contributed by atoms with Crippen LogP contribution in [0.2, 0.25) is 0 Å². The number of rotatable bonds is 5. The first-order valence-corrected chi connectivity index (χ1v) is 10.9. The first kappa shape index (κ1) is 23.0. The minimum absolute atomic E-state index is 0.00322. The van der Waals surface area contributed by atoms with E-state index in [1.807, 2.05) is 51.1 Å². The summed E-state index contributed by atoms with van der Waals surface area (Å²) < 4.78 is 6.89. The second kappa shape index (κ2) is 8.97. The van der Waals surface area contributed by atoms with Gasteiger partial charge in [0, 0.05) is 22.2 Å². The molecular formula is C26H25N3O5. The van der Waals surface area contributed by atoms with Crippen LogP contribution in [-0.2, 0) is 25.7 Å². The molecule has 1 fully saturated rings. The first-order valence-electron chi connectivity index (χ1n) is 10.9. The molecule has 0 atom stereocenters. The number of hydrogen-bond acceptors (Lipinski definition) is 5. The number of amides is 4. The average molecular weight is 460 g/mol. The number of carbonyl (C=O) groups is 4. The van der Waals surface area contributed by atoms with Crippen LogP contribution in [0.15, 0.2) is 48.0 Å². The second-order valence-corrected chi connectivity index (χ2v) is 8.13. The van der Waals surface area contributed by atoms with Crippen molar-refractivity contribution in [1.29, 1.82) is 0 Å². The van der Waals surface area contributed by atoms with E-state index < -0.39 is 17.8 Å². The Bertz CT molecular complexity index is 1380. The van der Waals surface area contributed by atoms with E-state index in [0.29, 0.717) is 16.9 Å². The molecule has 0 radical (unpaired) electrons. The summed E-state index contributed by atoms with van der Waals surface area (Å²) >= 11 is 0. The van der Waals surface area contributed by atoms with Crippen molar-refractivity contribution in [3.05, 3.63) is 70.4 Å². The number of anilines is 1. The third kappa shape index (κ3) is 3.98. The molecule has 0 spiro atoms. The highest BCUT2D eigenvalue weighted by molar-refractivity contribution is 6.39. The number of hydrogen-bond donors (Lipinski definition) is 1. The van der Waals surface area contributed by atoms with Gasteiger partial charge in [0.2, 0.25) is 0 Å². The molecule has 0 unspecified atom stereocenters. The van der Waals surface area contributed by atoms with Gasteiger partial charge in [0.1, 0.15) is 12.1 Å². The molecule has 34 heavy (non-hydrogen) atoms. The predicted molar refractivity (Wildman–Crippen MR) is 128 cm³/mol. The molecular weight excluding hydrogens is 434 g/mol. The Kier molecular flexibility index (Phi) is 6.06. The van der Waals surface area contributed by atoms with Crippen molar-refractivity contribution in [1.82, 2.24) is 9.88 Å². The van der Waals surface area contributed by atoms with Gasteiger partial charge in [-0.3, -0.25) is 19.7 Å². The highest BCUT2D eigenvalue weighted by atomic mass is 16.5. The van der Waals surface area contributed by atoms with Gasteiger partial charge in [-0.15, -0.1) is 0 Å². The summed E-state index contributed by atoms with van der Waals surface area (Å²) in [4.78, 5) is 51.8. The molecule has 1 aliphatic rings. The fraction of sp³-hybridized carbons (Fsp3) is 0.231. The normalized spacial score (nSPS) is 15.2. The number of benzene rings is 2. The fourth-order valence-corrected chi connectivity index (χ4v) is 4.08. The molecule has 0 saturated carbocycles. The molecule has 2 heterocycles. The van der Waals surface area contributed by atoms with Crippen molar-refractivity contribution < 1.29 is 23.9 Å². The second-order valence-electron chi connectivity index (χ2n) is 8.13. The Hall–Kier alpha value is -4.20. The zero-order valence-corrected chi connectivity index (χ0v) is 19.5. The summed E-state index contributed by atoms with van der Waals surface area (Å²) in [6.07, 6.45) is 1.48. The Morgan fingerprint density at radius 2 is 1.76 bits per heavy atom. The average Bonchev–Trinajstić information content (AvgIpc) is 3.04. The van der Waals surface area contributed by atoms with Crippen LogP contribution in [0.5, 0.6) is 0 Å². The molecule has 1 aromatic heterocycles. The van der Waals surface area contributed by atoms with Crippen molar-refractivity contribution in [2.75, 3.05) is 11.5 Å². The summed E-state index contributed by atoms with van der Waals surface area (Å²) in [5, 5.41) is 3.03. The van der Waals surface area contributed by atoms with Crippen LogP contribution in [0, 0.1) is 20.8 Å². The number of aromatic nitrogens is 1. The van der Waals surface area contributed by atoms with E-state index >= 15 is 0 Å². The minimum atomic E-state index is -0.795. The highest BCUT2D eigenvalue weighted by Crippen LogP contribution is 2.30. The summed E-state index contributed by atoms with van der Waals surface area (Å²) in [7, 11) is 0. The SMILES string of the molecule is CCOC(=O)Cn1c(C)c(/C=C2\C(=O)NC(=O)N(c3ccc(C)c(C)c3)C2=O)c2ccccc21. The Morgan fingerprint density at radius 1 is 1.03 bits per heavy atom. The van der Waals surface area contributed by atoms with Gasteiger partial charge in [-0.05, 0) is 63.1 Å². The van der Waals surface area contributed by atoms with Crippen molar-refractivity contribution in [3.63, 3.8) is 0 Å². The van der Waals surface area contributed by atoms with Crippen LogP contribution < -0.4 is 10.2 Å². The smallest absolute Gasteiger partial charge is 0.335 e. The van der Waals surface area contributed by atoms with Gasteiger partial charge in [-0.1, -0.05) is 24.3 Å². The topological polar surface area (TPSA) is 97.7 Å². The van der Waals surface area contributed by atoms with Crippen LogP contribution >= 0.6 is 0 Å². The van der Waals surface area contributed by atoms with Gasteiger partial charge in [-0.25, -0.2) is 9.69 Å². The maximum atomic E-state index is 13.4. The summed E-state index contributed by atoms with van der Waals surface area (Å²) in [5.74, 6) is -1.86. The van der Waals surface area contributed by atoms with Crippen molar-refractivity contribution in [3.8, 4) is 0 Å². The summed E-state index contributed by atoms with van der Waals surface area (Å²) in [5.41, 5.74) is 4.23. The molecule has 1 saturated heterocycles. The molecule has 8 heteroatoms. The zero-order chi connectivity index (χ0) is 24.6. The lowest BCUT2D eigenvalue weighted by molar-refractivity contribution is -0.143. The Balaban J connectivity index is 1.82. The van der Waals surface area contributed by atoms with Crippen LogP contribution in [0.25, 0.3) is 17.0 Å². The minimum Gasteiger partial charge on any atom is -0.465 e. The molecule has 3 aromatic rings. The van der Waals surface area contributed by atoms with Crippen molar-refractivity contribution in [2.45, 2.75) is 34.2 Å². The molecule has 4 amide bonds. The molecule has 2 aromatic carbocycles. The summed E-state index contributed by atoms with van der Waals surface area (Å²) in [6.45, 7) is 7.63. The molecule has 8 nitrogen and oxygen atoms in total. The van der Waals surface area contributed by atoms with Crippen LogP contribution in [0.1, 0.15) is 29.3 Å². The molecule has 1 aliphatic heterocycles. The summed E-state index contributed by atoms with van der Waals surface area (Å²) in [6, 6.07) is 11.8. The lowest BCUT2D eigenvalue weighted by atomic mass is 10.0. The molecule has 0 aliphatic carbocycles. The third-order valence-corrected chi connectivity index (χ3v) is 6.01. The van der Waals surface area contributed by atoms with E-state index in [9.17, 15) is 19.2 Å². The van der Waals surface area contributed by atoms with E-state index in [2.05, 4.69) is 5.32 Å². The lowest BCUT2D eigenvalue weighted by Crippen LogP contribution is -2.54. The largest absolute Gasteiger partial charge is 0.465 e. The standard InChI is InChI=1S/C26H25N3O5/c1-5-34-23(30)14-28-17(4)20(19-8-6-7-9-22(19)28)13-21-24(31)27-26(33)29(25(21)32)18-11-10-15(2)16(3)12-18/h6-13H,5,14H2,1-4H3,(H,27,31,33)/b21-13+. The molecule has 4 rings (SSSR count). The fourth-order valence-electron chi connectivity index (χ4n) is 4.08. The van der Waals surface area contributed by atoms with Gasteiger partial charge < -0.3 is 9.30 Å². The number of esters is 1. The van der Waals surface area contributed by atoms with Gasteiger partial charge in [0.25, 0.3) is 11.8 Å². The Labute approximate surface area is 196 Å². The van der Waals surface area contributed by atoms with Crippen molar-refractivity contribution in [2.24, 2.45) is 0 Å². The number of imide groups is 2. The molecule has 0 bridgehead atoms. The number of para-hydroxylation sites is 1. The maximum Gasteiger partial charge on any atom is 0.335 e. The molecule has 174 valence electrons. The number of barbiturate groups is 1. The Morgan fingerprint density at radius 3 is 2.47 bits per heavy atom. The maximum absolute atomic E-state index is 13.4. The van der Waals surface area contributed by atoms with Gasteiger partial charge in [0.15, 0.2) is 0 Å². The van der Waals surface area contributed by atoms with E-state index in [4.69, 9.17) is 4.74 Å². The van der Waals surface area contributed by atoms with Crippen LogP contribution in [0.4, 0.5) is 10.5 Å². The number of urea groups is 1. The van der Waals surface area contributed by atoms with E-state index in [1.165, 1.54) is 6.08 Å². The number of nitrogens with one attached hydrogen (secondary N) is 1. The zero-order valence-electron chi connectivity index (χ0n) is 19.5. The van der Waals surface area contributed by atoms with Gasteiger partial charge in [0.05, 0.1) is 12.3 Å². The van der Waals surface area contributed by atoms with E-state index in [-0.39, 0.29) is 24.7 Å². The number of nitrogens with zero attached hydrogens (tertiary/aromatic N) is 2. The van der Waals surface area contributed by atoms with Crippen molar-refractivity contribution >= 4 is 46.5 Å². The number of fused-ring (bicyclic) bond motifs is 1. The van der Waals surface area contributed by atoms with Crippen LogP contribution in [-0.4, -0.2) is 35.0 Å². The quantitative estimate of drug-likeness (QED) is 0.356. The van der Waals surface area contributed by atoms with Gasteiger partial charge in [-0.2, -0.15) is 0 Å². The van der Waals surface area contributed by atoms with Crippen LogP contribution in [0.3, 0.4) is 0 Å².